The Balaban J connectivity index is 1.58. The summed E-state index contributed by atoms with van der Waals surface area (Å²) in [4.78, 5) is 64.3. The van der Waals surface area contributed by atoms with Crippen molar-refractivity contribution in [3.8, 4) is 5.75 Å². The van der Waals surface area contributed by atoms with Crippen molar-refractivity contribution in [2.24, 2.45) is 5.73 Å². The van der Waals surface area contributed by atoms with Gasteiger partial charge in [-0.05, 0) is 30.2 Å². The molecule has 6 N–H and O–H groups in total. The van der Waals surface area contributed by atoms with Gasteiger partial charge in [0.2, 0.25) is 5.91 Å². The zero-order valence-electron chi connectivity index (χ0n) is 20.8. The Bertz CT molecular complexity index is 1360. The zero-order valence-corrected chi connectivity index (χ0v) is 20.8. The third-order valence-electron chi connectivity index (χ3n) is 6.45. The number of nitrogens with zero attached hydrogens (tertiary/aromatic N) is 2. The van der Waals surface area contributed by atoms with Gasteiger partial charge in [-0.15, -0.1) is 0 Å². The molecule has 16 heteroatoms. The number of rotatable bonds is 7. The highest BCUT2D eigenvalue weighted by Crippen LogP contribution is 2.30. The van der Waals surface area contributed by atoms with E-state index in [0.29, 0.717) is 10.5 Å². The molecular formula is C24H24BF2N5O8. The molecule has 0 spiro atoms. The molecule has 40 heavy (non-hydrogen) atoms. The Labute approximate surface area is 226 Å². The lowest BCUT2D eigenvalue weighted by Gasteiger charge is -2.33. The number of benzene rings is 2. The van der Waals surface area contributed by atoms with E-state index in [2.05, 4.69) is 10.6 Å². The molecule has 2 aromatic rings. The molecule has 2 unspecified atom stereocenters. The number of nitrogens with one attached hydrogen (secondary N) is 2. The van der Waals surface area contributed by atoms with Crippen LogP contribution in [0, 0.1) is 11.6 Å². The number of amides is 5. The molecule has 2 heterocycles. The molecule has 1 saturated heterocycles. The van der Waals surface area contributed by atoms with Gasteiger partial charge in [-0.1, -0.05) is 18.2 Å². The van der Waals surface area contributed by atoms with Gasteiger partial charge in [0.05, 0.1) is 17.1 Å². The van der Waals surface area contributed by atoms with Crippen LogP contribution in [-0.4, -0.2) is 88.9 Å². The van der Waals surface area contributed by atoms with Crippen molar-refractivity contribution in [3.63, 3.8) is 0 Å². The summed E-state index contributed by atoms with van der Waals surface area (Å²) < 4.78 is 34.8. The first kappa shape index (κ1) is 28.4. The van der Waals surface area contributed by atoms with Crippen molar-refractivity contribution in [2.75, 3.05) is 26.2 Å². The highest BCUT2D eigenvalue weighted by molar-refractivity contribution is 6.47. The van der Waals surface area contributed by atoms with Crippen LogP contribution in [0.4, 0.5) is 13.6 Å². The summed E-state index contributed by atoms with van der Waals surface area (Å²) in [7, 11) is -1.76. The fraction of sp³-hybridized carbons (Fsp3) is 0.292. The number of piperazine rings is 1. The summed E-state index contributed by atoms with van der Waals surface area (Å²) in [6, 6.07) is 3.66. The van der Waals surface area contributed by atoms with E-state index >= 15 is 0 Å². The minimum Gasteiger partial charge on any atom is -0.534 e. The van der Waals surface area contributed by atoms with Crippen LogP contribution in [-0.2, 0) is 20.8 Å². The minimum atomic E-state index is -2.04. The molecule has 13 nitrogen and oxygen atoms in total. The summed E-state index contributed by atoms with van der Waals surface area (Å²) in [6.07, 6.45) is -0.125. The van der Waals surface area contributed by atoms with Crippen LogP contribution < -0.4 is 21.0 Å². The van der Waals surface area contributed by atoms with Gasteiger partial charge in [0.15, 0.2) is 0 Å². The Morgan fingerprint density at radius 3 is 2.42 bits per heavy atom. The monoisotopic (exact) mass is 559 g/mol. The van der Waals surface area contributed by atoms with E-state index in [1.54, 1.807) is 0 Å². The molecule has 1 fully saturated rings. The first-order valence-electron chi connectivity index (χ1n) is 12.1. The van der Waals surface area contributed by atoms with Gasteiger partial charge in [0.25, 0.3) is 0 Å². The Morgan fingerprint density at radius 2 is 1.77 bits per heavy atom. The number of aromatic carboxylic acids is 1. The number of carboxylic acids is 1. The third-order valence-corrected chi connectivity index (χ3v) is 6.45. The number of carboxylic acid groups (broad SMARTS) is 1. The van der Waals surface area contributed by atoms with Crippen LogP contribution in [0.3, 0.4) is 0 Å². The maximum absolute atomic E-state index is 14.7. The van der Waals surface area contributed by atoms with Crippen LogP contribution >= 0.6 is 0 Å². The van der Waals surface area contributed by atoms with E-state index in [0.717, 1.165) is 23.1 Å². The van der Waals surface area contributed by atoms with Gasteiger partial charge < -0.3 is 36.1 Å². The lowest BCUT2D eigenvalue weighted by molar-refractivity contribution is -0.153. The number of nitrogens with two attached hydrogens (primary N) is 1. The van der Waals surface area contributed by atoms with Crippen LogP contribution in [0.15, 0.2) is 36.4 Å². The Hall–Kier alpha value is -4.57. The second kappa shape index (κ2) is 11.7. The number of imide groups is 1. The van der Waals surface area contributed by atoms with E-state index in [9.17, 15) is 42.9 Å². The number of para-hydroxylation sites is 1. The average molecular weight is 559 g/mol. The van der Waals surface area contributed by atoms with Crippen molar-refractivity contribution >= 4 is 36.8 Å². The normalized spacial score (nSPS) is 17.6. The van der Waals surface area contributed by atoms with Crippen LogP contribution in [0.5, 0.6) is 5.75 Å². The molecule has 0 aliphatic carbocycles. The van der Waals surface area contributed by atoms with Gasteiger partial charge in [-0.25, -0.2) is 18.4 Å². The Morgan fingerprint density at radius 1 is 1.10 bits per heavy atom. The SMILES string of the molecule is NCCN1CCN(C(=O)NC(C(=O)NC2Cc3cccc(C(=O)O)c3OB2O)c2c(F)cccc2F)C(=O)C1=O. The number of halogens is 2. The molecule has 0 radical (unpaired) electrons. The van der Waals surface area contributed by atoms with Gasteiger partial charge in [-0.3, -0.25) is 19.3 Å². The summed E-state index contributed by atoms with van der Waals surface area (Å²) in [5.41, 5.74) is 4.68. The van der Waals surface area contributed by atoms with E-state index in [-0.39, 0.29) is 43.9 Å². The zero-order chi connectivity index (χ0) is 29.1. The molecular weight excluding hydrogens is 535 g/mol. The van der Waals surface area contributed by atoms with Crippen molar-refractivity contribution < 1.29 is 47.5 Å². The number of urea groups is 1. The van der Waals surface area contributed by atoms with Crippen molar-refractivity contribution in [3.05, 3.63) is 64.7 Å². The predicted molar refractivity (Wildman–Crippen MR) is 133 cm³/mol. The lowest BCUT2D eigenvalue weighted by atomic mass is 9.72. The van der Waals surface area contributed by atoms with Crippen molar-refractivity contribution in [2.45, 2.75) is 18.4 Å². The van der Waals surface area contributed by atoms with E-state index in [1.807, 2.05) is 0 Å². The number of carbonyl (C=O) groups excluding carboxylic acids is 4. The molecule has 0 saturated carbocycles. The number of fused-ring (bicyclic) bond motifs is 1. The van der Waals surface area contributed by atoms with Gasteiger partial charge in [-0.2, -0.15) is 0 Å². The van der Waals surface area contributed by atoms with Gasteiger partial charge in [0.1, 0.15) is 23.4 Å². The van der Waals surface area contributed by atoms with E-state index < -0.39 is 66.0 Å². The second-order valence-electron chi connectivity index (χ2n) is 8.98. The highest BCUT2D eigenvalue weighted by Gasteiger charge is 2.42. The molecule has 4 rings (SSSR count). The highest BCUT2D eigenvalue weighted by atomic mass is 19.1. The Kier molecular flexibility index (Phi) is 8.30. The van der Waals surface area contributed by atoms with Crippen LogP contribution in [0.2, 0.25) is 0 Å². The first-order chi connectivity index (χ1) is 19.0. The average Bonchev–Trinajstić information content (AvgIpc) is 2.90. The number of carbonyl (C=O) groups is 5. The van der Waals surface area contributed by atoms with Gasteiger partial charge >= 0.3 is 30.9 Å². The second-order valence-corrected chi connectivity index (χ2v) is 8.98. The quantitative estimate of drug-likeness (QED) is 0.213. The fourth-order valence-electron chi connectivity index (χ4n) is 4.48. The van der Waals surface area contributed by atoms with Crippen LogP contribution in [0.25, 0.3) is 0 Å². The predicted octanol–water partition coefficient (Wildman–Crippen LogP) is -0.817. The topological polar surface area (TPSA) is 192 Å². The summed E-state index contributed by atoms with van der Waals surface area (Å²) in [5, 5.41) is 24.3. The van der Waals surface area contributed by atoms with Crippen LogP contribution in [0.1, 0.15) is 27.5 Å². The molecule has 0 aromatic heterocycles. The minimum absolute atomic E-state index is 0.0382. The number of hydrogen-bond donors (Lipinski definition) is 5. The molecule has 0 bridgehead atoms. The van der Waals surface area contributed by atoms with Gasteiger partial charge in [0, 0.05) is 26.2 Å². The molecule has 210 valence electrons. The maximum atomic E-state index is 14.7. The maximum Gasteiger partial charge on any atom is 0.547 e. The summed E-state index contributed by atoms with van der Waals surface area (Å²) >= 11 is 0. The molecule has 2 atom stereocenters. The molecule has 5 amide bonds. The molecule has 2 aliphatic rings. The first-order valence-corrected chi connectivity index (χ1v) is 12.1. The molecule has 2 aromatic carbocycles. The summed E-state index contributed by atoms with van der Waals surface area (Å²) in [6.45, 7) is -0.140. The third kappa shape index (κ3) is 5.57. The standard InChI is InChI=1S/C24H24BF2N5O8/c26-14-5-2-6-15(27)17(14)18(30-24(38)32-10-9-31(8-7-28)21(34)22(32)35)20(33)29-16-11-12-3-1-4-13(23(36)37)19(12)40-25(16)39/h1-6,16,18,39H,7-11,28H2,(H,29,33)(H,30,38)(H,36,37). The van der Waals surface area contributed by atoms with Crippen molar-refractivity contribution in [1.82, 2.24) is 20.4 Å². The largest absolute Gasteiger partial charge is 0.547 e. The smallest absolute Gasteiger partial charge is 0.534 e. The van der Waals surface area contributed by atoms with Crippen molar-refractivity contribution in [1.29, 1.82) is 0 Å². The van der Waals surface area contributed by atoms with E-state index in [4.69, 9.17) is 10.4 Å². The fourth-order valence-corrected chi connectivity index (χ4v) is 4.48. The number of hydrogen-bond acceptors (Lipinski definition) is 8. The molecule has 2 aliphatic heterocycles. The summed E-state index contributed by atoms with van der Waals surface area (Å²) in [5.74, 6) is -8.40. The lowest BCUT2D eigenvalue weighted by Crippen LogP contribution is -2.60. The van der Waals surface area contributed by atoms with E-state index in [1.165, 1.54) is 18.2 Å².